The second-order valence-electron chi connectivity index (χ2n) is 3.82. The molecular weight excluding hydrogens is 308 g/mol. The third-order valence-electron chi connectivity index (χ3n) is 2.48. The molecule has 0 aliphatic heterocycles. The molecule has 0 bridgehead atoms. The molecule has 0 aliphatic carbocycles. The van der Waals surface area contributed by atoms with Gasteiger partial charge in [-0.1, -0.05) is 48.5 Å². The van der Waals surface area contributed by atoms with Crippen molar-refractivity contribution in [1.82, 2.24) is 0 Å². The van der Waals surface area contributed by atoms with Crippen LogP contribution in [0.1, 0.15) is 20.7 Å². The van der Waals surface area contributed by atoms with Gasteiger partial charge in [-0.05, 0) is 28.1 Å². The van der Waals surface area contributed by atoms with Crippen LogP contribution in [0.4, 0.5) is 0 Å². The van der Waals surface area contributed by atoms with Crippen molar-refractivity contribution in [2.75, 3.05) is 0 Å². The third-order valence-corrected chi connectivity index (χ3v) is 3.09. The first kappa shape index (κ1) is 13.5. The van der Waals surface area contributed by atoms with E-state index in [9.17, 15) is 9.59 Å². The Bertz CT molecular complexity index is 566. The quantitative estimate of drug-likeness (QED) is 0.492. The maximum absolute atomic E-state index is 12.0. The van der Waals surface area contributed by atoms with Gasteiger partial charge in [0.15, 0.2) is 0 Å². The molecule has 3 nitrogen and oxygen atoms in total. The fourth-order valence-corrected chi connectivity index (χ4v) is 1.96. The Balaban J connectivity index is 2.04. The SMILES string of the molecule is O=C(OC(Br)C(=O)c1ccccc1)c1ccccc1. The number of hydrogen-bond donors (Lipinski definition) is 0. The van der Waals surface area contributed by atoms with Crippen LogP contribution < -0.4 is 0 Å². The predicted molar refractivity (Wildman–Crippen MR) is 75.3 cm³/mol. The summed E-state index contributed by atoms with van der Waals surface area (Å²) in [5, 5.41) is -0.984. The normalized spacial score (nSPS) is 11.6. The van der Waals surface area contributed by atoms with E-state index in [1.807, 2.05) is 6.07 Å². The summed E-state index contributed by atoms with van der Waals surface area (Å²) >= 11 is 3.09. The smallest absolute Gasteiger partial charge is 0.339 e. The number of esters is 1. The molecule has 0 N–H and O–H groups in total. The van der Waals surface area contributed by atoms with Crippen LogP contribution in [0.2, 0.25) is 0 Å². The van der Waals surface area contributed by atoms with Gasteiger partial charge in [-0.2, -0.15) is 0 Å². The van der Waals surface area contributed by atoms with Crippen LogP contribution in [0, 0.1) is 0 Å². The van der Waals surface area contributed by atoms with Gasteiger partial charge in [0.1, 0.15) is 0 Å². The van der Waals surface area contributed by atoms with Crippen LogP contribution in [0.15, 0.2) is 60.7 Å². The average Bonchev–Trinajstić information content (AvgIpc) is 2.48. The molecular formula is C15H11BrO3. The van der Waals surface area contributed by atoms with E-state index in [-0.39, 0.29) is 5.78 Å². The number of ketones is 1. The summed E-state index contributed by atoms with van der Waals surface area (Å²) in [7, 11) is 0. The highest BCUT2D eigenvalue weighted by Gasteiger charge is 2.21. The van der Waals surface area contributed by atoms with E-state index in [0.717, 1.165) is 0 Å². The zero-order chi connectivity index (χ0) is 13.7. The molecule has 0 saturated carbocycles. The number of carbonyl (C=O) groups excluding carboxylic acids is 2. The van der Waals surface area contributed by atoms with E-state index in [2.05, 4.69) is 15.9 Å². The Morgan fingerprint density at radius 1 is 0.842 bits per heavy atom. The third kappa shape index (κ3) is 3.51. The second kappa shape index (κ2) is 6.29. The highest BCUT2D eigenvalue weighted by molar-refractivity contribution is 9.09. The maximum atomic E-state index is 12.0. The van der Waals surface area contributed by atoms with Crippen molar-refractivity contribution in [2.45, 2.75) is 5.01 Å². The number of hydrogen-bond acceptors (Lipinski definition) is 3. The highest BCUT2D eigenvalue weighted by atomic mass is 79.9. The van der Waals surface area contributed by atoms with Crippen LogP contribution >= 0.6 is 15.9 Å². The Kier molecular flexibility index (Phi) is 4.47. The molecule has 19 heavy (non-hydrogen) atoms. The molecule has 0 spiro atoms. The van der Waals surface area contributed by atoms with E-state index in [1.54, 1.807) is 54.6 Å². The highest BCUT2D eigenvalue weighted by Crippen LogP contribution is 2.14. The summed E-state index contributed by atoms with van der Waals surface area (Å²) < 4.78 is 5.08. The van der Waals surface area contributed by atoms with Crippen molar-refractivity contribution in [3.8, 4) is 0 Å². The molecule has 0 heterocycles. The lowest BCUT2D eigenvalue weighted by Crippen LogP contribution is -2.21. The Labute approximate surface area is 119 Å². The van der Waals surface area contributed by atoms with Crippen molar-refractivity contribution in [2.24, 2.45) is 0 Å². The molecule has 2 aromatic rings. The standard InChI is InChI=1S/C15H11BrO3/c16-14(13(17)11-7-3-1-4-8-11)19-15(18)12-9-5-2-6-10-12/h1-10,14H. The van der Waals surface area contributed by atoms with Gasteiger partial charge in [0.2, 0.25) is 10.8 Å². The van der Waals surface area contributed by atoms with E-state index < -0.39 is 11.0 Å². The van der Waals surface area contributed by atoms with E-state index in [0.29, 0.717) is 11.1 Å². The van der Waals surface area contributed by atoms with E-state index in [4.69, 9.17) is 4.74 Å². The number of carbonyl (C=O) groups is 2. The van der Waals surface area contributed by atoms with Gasteiger partial charge in [0.25, 0.3) is 0 Å². The monoisotopic (exact) mass is 318 g/mol. The lowest BCUT2D eigenvalue weighted by atomic mass is 10.1. The van der Waals surface area contributed by atoms with E-state index >= 15 is 0 Å². The van der Waals surface area contributed by atoms with Crippen LogP contribution in [0.25, 0.3) is 0 Å². The molecule has 0 saturated heterocycles. The van der Waals surface area contributed by atoms with Gasteiger partial charge in [-0.15, -0.1) is 0 Å². The predicted octanol–water partition coefficient (Wildman–Crippen LogP) is 3.45. The van der Waals surface area contributed by atoms with Crippen LogP contribution in [-0.4, -0.2) is 16.8 Å². The van der Waals surface area contributed by atoms with Gasteiger partial charge in [-0.25, -0.2) is 4.79 Å². The van der Waals surface area contributed by atoms with Crippen LogP contribution in [0.5, 0.6) is 0 Å². The molecule has 4 heteroatoms. The number of ether oxygens (including phenoxy) is 1. The minimum absolute atomic E-state index is 0.287. The molecule has 1 unspecified atom stereocenters. The number of alkyl halides is 1. The first-order valence-electron chi connectivity index (χ1n) is 5.68. The average molecular weight is 319 g/mol. The lowest BCUT2D eigenvalue weighted by molar-refractivity contribution is 0.0435. The minimum Gasteiger partial charge on any atom is -0.439 e. The maximum Gasteiger partial charge on any atom is 0.339 e. The largest absolute Gasteiger partial charge is 0.439 e. The fourth-order valence-electron chi connectivity index (χ4n) is 1.52. The first-order valence-corrected chi connectivity index (χ1v) is 6.59. The molecule has 2 rings (SSSR count). The van der Waals surface area contributed by atoms with Crippen molar-refractivity contribution in [3.63, 3.8) is 0 Å². The van der Waals surface area contributed by atoms with Gasteiger partial charge >= 0.3 is 5.97 Å². The summed E-state index contributed by atoms with van der Waals surface area (Å²) in [6, 6.07) is 17.2. The zero-order valence-corrected chi connectivity index (χ0v) is 11.5. The van der Waals surface area contributed by atoms with E-state index in [1.165, 1.54) is 0 Å². The molecule has 2 aromatic carbocycles. The molecule has 0 aliphatic rings. The summed E-state index contributed by atoms with van der Waals surface area (Å²) in [6.07, 6.45) is 0. The van der Waals surface area contributed by atoms with Crippen molar-refractivity contribution in [1.29, 1.82) is 0 Å². The number of halogens is 1. The van der Waals surface area contributed by atoms with Crippen LogP contribution in [0.3, 0.4) is 0 Å². The Morgan fingerprint density at radius 3 is 1.84 bits per heavy atom. The molecule has 96 valence electrons. The number of Topliss-reactive ketones (excluding diaryl/α,β-unsaturated/α-hetero) is 1. The number of rotatable bonds is 4. The molecule has 0 fully saturated rings. The van der Waals surface area contributed by atoms with Gasteiger partial charge < -0.3 is 4.74 Å². The Morgan fingerprint density at radius 2 is 1.32 bits per heavy atom. The van der Waals surface area contributed by atoms with Crippen molar-refractivity contribution < 1.29 is 14.3 Å². The summed E-state index contributed by atoms with van der Waals surface area (Å²) in [5.41, 5.74) is 0.901. The van der Waals surface area contributed by atoms with Crippen molar-refractivity contribution >= 4 is 27.7 Å². The van der Waals surface area contributed by atoms with Gasteiger partial charge in [0, 0.05) is 5.56 Å². The first-order chi connectivity index (χ1) is 9.18. The molecule has 0 radical (unpaired) electrons. The zero-order valence-electron chi connectivity index (χ0n) is 9.95. The molecule has 1 atom stereocenters. The van der Waals surface area contributed by atoms with Gasteiger partial charge in [-0.3, -0.25) is 4.79 Å². The number of benzene rings is 2. The minimum atomic E-state index is -0.984. The molecule has 0 aromatic heterocycles. The van der Waals surface area contributed by atoms with Gasteiger partial charge in [0.05, 0.1) is 5.56 Å². The second-order valence-corrected chi connectivity index (χ2v) is 4.65. The van der Waals surface area contributed by atoms with Crippen LogP contribution in [-0.2, 0) is 4.74 Å². The fraction of sp³-hybridized carbons (Fsp3) is 0.0667. The summed E-state index contributed by atoms with van der Waals surface area (Å²) in [6.45, 7) is 0. The summed E-state index contributed by atoms with van der Waals surface area (Å²) in [4.78, 5) is 23.8. The van der Waals surface area contributed by atoms with Crippen molar-refractivity contribution in [3.05, 3.63) is 71.8 Å². The molecule has 0 amide bonds. The topological polar surface area (TPSA) is 43.4 Å². The lowest BCUT2D eigenvalue weighted by Gasteiger charge is -2.10. The summed E-state index contributed by atoms with van der Waals surface area (Å²) in [5.74, 6) is -0.823. The Hall–Kier alpha value is -1.94.